The maximum absolute atomic E-state index is 0. The van der Waals surface area contributed by atoms with Crippen molar-refractivity contribution in [3.63, 3.8) is 0 Å². The van der Waals surface area contributed by atoms with Gasteiger partial charge in [-0.2, -0.15) is 0 Å². The fraction of sp³-hybridized carbons (Fsp3) is 0. The Morgan fingerprint density at radius 3 is 0.0250 bits per heavy atom. The van der Waals surface area contributed by atoms with Crippen molar-refractivity contribution < 1.29 is 1240 Å². The minimum atomic E-state index is 0. The Labute approximate surface area is 1200 Å². The molecule has 0 aromatic carbocycles. The largest absolute Gasteiger partial charge is 0 e. The van der Waals surface area contributed by atoms with Gasteiger partial charge in [-0.05, 0) is 0 Å². The summed E-state index contributed by atoms with van der Waals surface area (Å²) in [6, 6.07) is 0. The van der Waals surface area contributed by atoms with Crippen molar-refractivity contribution in [1.29, 1.82) is 0 Å². The predicted octanol–water partition coefficient (Wildman–Crippen LogP) is 0. The molecule has 0 atom stereocenters. The normalized spacial score (nSPS) is 0. The summed E-state index contributed by atoms with van der Waals surface area (Å²) in [5.74, 6) is 0. The van der Waals surface area contributed by atoms with Gasteiger partial charge in [-0.15, -0.1) is 0 Å². The smallest absolute Gasteiger partial charge is 0 e. The van der Waals surface area contributed by atoms with Crippen LogP contribution in [0.4, 0.5) is 0 Å². The van der Waals surface area contributed by atoms with Crippen LogP contribution in [0.1, 0.15) is 0 Å². The monoisotopic (exact) mass is 9520 g/mol. The van der Waals surface area contributed by atoms with Gasteiger partial charge in [0.2, 0.25) is 0 Å². The first-order chi connectivity index (χ1) is 0. The molecule has 0 bridgehead atoms. The van der Waals surface area contributed by atoms with Crippen molar-refractivity contribution >= 4 is 0 Å². The zero-order chi connectivity index (χ0) is 0. The van der Waals surface area contributed by atoms with Gasteiger partial charge in [-0.1, -0.05) is 0 Å². The van der Waals surface area contributed by atoms with Gasteiger partial charge in [0.05, 0.1) is 0 Å². The Morgan fingerprint density at radius 2 is 0.0250 bits per heavy atom. The van der Waals surface area contributed by atoms with E-state index in [1.165, 1.54) is 0 Å². The van der Waals surface area contributed by atoms with E-state index in [-0.39, 0.29) is 1240 Å². The summed E-state index contributed by atoms with van der Waals surface area (Å²) >= 11 is 0. The van der Waals surface area contributed by atoms with Crippen molar-refractivity contribution in [3.8, 4) is 0 Å². The second kappa shape index (κ2) is 294. The standard InChI is InChI=1S/40U. The van der Waals surface area contributed by atoms with Gasteiger partial charge >= 0.3 is 0 Å². The van der Waals surface area contributed by atoms with Gasteiger partial charge in [0.15, 0.2) is 0 Å². The van der Waals surface area contributed by atoms with Gasteiger partial charge in [0.1, 0.15) is 0 Å². The molecule has 0 aromatic heterocycles. The Kier molecular flexibility index (Phi) is 2240. The molecule has 40 heavy (non-hydrogen) atoms. The summed E-state index contributed by atoms with van der Waals surface area (Å²) in [6.45, 7) is 0. The van der Waals surface area contributed by atoms with Crippen molar-refractivity contribution in [1.82, 2.24) is 0 Å². The third-order valence-electron chi connectivity index (χ3n) is 0. The van der Waals surface area contributed by atoms with Gasteiger partial charge in [0.25, 0.3) is 0 Å². The van der Waals surface area contributed by atoms with Gasteiger partial charge in [-0.25, -0.2) is 0 Å². The third kappa shape index (κ3) is 283. The maximum atomic E-state index is 0. The Bertz CT molecular complexity index is 0. The second-order valence-electron chi connectivity index (χ2n) is 0. The van der Waals surface area contributed by atoms with Gasteiger partial charge < -0.3 is 0 Å². The zero-order valence-electron chi connectivity index (χ0n) is 20.0. The molecule has 0 aromatic rings. The van der Waals surface area contributed by atoms with Crippen LogP contribution in [0.5, 0.6) is 0 Å². The molecule has 0 aliphatic heterocycles. The molecule has 0 rings (SSSR count). The average Bonchev–Trinajstić information content (AvgIpc) is 0. The molecule has 40 heteroatoms. The van der Waals surface area contributed by atoms with Crippen LogP contribution < -0.4 is 0 Å². The summed E-state index contributed by atoms with van der Waals surface area (Å²) in [5.41, 5.74) is 0. The summed E-state index contributed by atoms with van der Waals surface area (Å²) in [7, 11) is 0. The van der Waals surface area contributed by atoms with Crippen LogP contribution in [0, 0.1) is 1240 Å². The first kappa shape index (κ1) is 305. The summed E-state index contributed by atoms with van der Waals surface area (Å²) < 4.78 is 0. The van der Waals surface area contributed by atoms with Crippen molar-refractivity contribution in [2.75, 3.05) is 0 Å². The van der Waals surface area contributed by atoms with E-state index in [9.17, 15) is 0 Å². The van der Waals surface area contributed by atoms with Crippen LogP contribution >= 0.6 is 0 Å². The van der Waals surface area contributed by atoms with Crippen LogP contribution in [0.2, 0.25) is 0 Å². The van der Waals surface area contributed by atoms with Gasteiger partial charge in [-0.3, -0.25) is 0 Å². The average molecular weight is 9520 g/mol. The molecule has 0 amide bonds. The topological polar surface area (TPSA) is 0 Å². The zero-order valence-corrected chi connectivity index (χ0v) is 187. The van der Waals surface area contributed by atoms with E-state index in [2.05, 4.69) is 0 Å². The molecule has 0 heterocycles. The van der Waals surface area contributed by atoms with E-state index in [1.807, 2.05) is 0 Å². The molecular formula is U40. The molecule has 0 aliphatic carbocycles. The first-order valence-electron chi connectivity index (χ1n) is 0. The minimum Gasteiger partial charge on any atom is 0 e. The SMILES string of the molecule is [U].[U].[U].[U].[U].[U].[U].[U].[U].[U].[U].[U].[U].[U].[U].[U].[U].[U].[U].[U].[U].[U].[U].[U].[U].[U].[U].[U].[U].[U].[U].[U].[U].[U].[U].[U].[U].[U].[U].[U]. The first-order valence-corrected chi connectivity index (χ1v) is 0. The molecule has 0 radical (unpaired) electrons. The molecule has 0 spiro atoms. The quantitative estimate of drug-likeness (QED) is 0.321. The molecule has 160 valence electrons. The fourth-order valence-electron chi connectivity index (χ4n) is 0. The molecular weight excluding hydrogens is 9520 g/mol. The molecule has 0 saturated carbocycles. The predicted molar refractivity (Wildman–Crippen MR) is 0 cm³/mol. The molecule has 0 aliphatic rings. The number of rotatable bonds is 0. The van der Waals surface area contributed by atoms with E-state index >= 15 is 0 Å². The van der Waals surface area contributed by atoms with E-state index in [0.29, 0.717) is 0 Å². The van der Waals surface area contributed by atoms with E-state index in [4.69, 9.17) is 0 Å². The molecule has 0 fully saturated rings. The maximum Gasteiger partial charge on any atom is 0 e. The Balaban J connectivity index is 0. The van der Waals surface area contributed by atoms with Gasteiger partial charge in [0, 0.05) is 1240 Å². The summed E-state index contributed by atoms with van der Waals surface area (Å²) in [6.07, 6.45) is 0. The van der Waals surface area contributed by atoms with Crippen molar-refractivity contribution in [3.05, 3.63) is 0 Å². The number of hydrogen-bond donors (Lipinski definition) is 0. The second-order valence-corrected chi connectivity index (χ2v) is 0. The van der Waals surface area contributed by atoms with E-state index in [0.717, 1.165) is 0 Å². The third-order valence-corrected chi connectivity index (χ3v) is 0. The van der Waals surface area contributed by atoms with Crippen LogP contribution in [0.25, 0.3) is 0 Å². The molecule has 0 nitrogen and oxygen atoms in total. The molecule has 0 N–H and O–H groups in total. The van der Waals surface area contributed by atoms with Crippen LogP contribution in [-0.2, 0) is 0 Å². The Morgan fingerprint density at radius 1 is 0.0250 bits per heavy atom. The minimum absolute atomic E-state index is 0. The van der Waals surface area contributed by atoms with Crippen LogP contribution in [-0.4, -0.2) is 0 Å². The van der Waals surface area contributed by atoms with Crippen LogP contribution in [0.15, 0.2) is 0 Å². The van der Waals surface area contributed by atoms with E-state index in [1.54, 1.807) is 0 Å². The Hall–Kier alpha value is 42.1. The van der Waals surface area contributed by atoms with Crippen molar-refractivity contribution in [2.45, 2.75) is 0 Å². The fourth-order valence-corrected chi connectivity index (χ4v) is 0. The van der Waals surface area contributed by atoms with Crippen molar-refractivity contribution in [2.24, 2.45) is 0 Å². The number of hydrogen-bond acceptors (Lipinski definition) is 0. The summed E-state index contributed by atoms with van der Waals surface area (Å²) in [5, 5.41) is 0. The van der Waals surface area contributed by atoms with E-state index < -0.39 is 0 Å². The molecule has 0 saturated heterocycles. The summed E-state index contributed by atoms with van der Waals surface area (Å²) in [4.78, 5) is 0. The molecule has 0 unspecified atom stereocenters. The van der Waals surface area contributed by atoms with Crippen LogP contribution in [0.3, 0.4) is 0 Å².